The number of hydrogen-bond acceptors (Lipinski definition) is 2. The van der Waals surface area contributed by atoms with Gasteiger partial charge in [0.25, 0.3) is 0 Å². The van der Waals surface area contributed by atoms with Crippen LogP contribution in [0.15, 0.2) is 206 Å². The Bertz CT molecular complexity index is 4480. The zero-order valence-corrected chi connectivity index (χ0v) is 38.6. The summed E-state index contributed by atoms with van der Waals surface area (Å²) in [7, 11) is 0. The van der Waals surface area contributed by atoms with Gasteiger partial charge < -0.3 is 0 Å². The lowest BCUT2D eigenvalue weighted by atomic mass is 9.81. The largest absolute Gasteiger partial charge is 0.135 e. The molecular formula is C65H40S2. The molecule has 0 saturated carbocycles. The van der Waals surface area contributed by atoms with E-state index < -0.39 is 0 Å². The Morgan fingerprint density at radius 1 is 0.284 bits per heavy atom. The molecule has 1 aliphatic rings. The van der Waals surface area contributed by atoms with Gasteiger partial charge in [-0.3, -0.25) is 0 Å². The molecule has 0 N–H and O–H groups in total. The molecular weight excluding hydrogens is 845 g/mol. The summed E-state index contributed by atoms with van der Waals surface area (Å²) in [6.45, 7) is 4.80. The highest BCUT2D eigenvalue weighted by molar-refractivity contribution is 7.26. The average Bonchev–Trinajstić information content (AvgIpc) is 4.02. The third-order valence-electron chi connectivity index (χ3n) is 15.2. The van der Waals surface area contributed by atoms with E-state index in [0.717, 1.165) is 0 Å². The van der Waals surface area contributed by atoms with Crippen LogP contribution in [0.25, 0.3) is 139 Å². The lowest BCUT2D eigenvalue weighted by Gasteiger charge is -2.22. The van der Waals surface area contributed by atoms with Gasteiger partial charge in [-0.1, -0.05) is 184 Å². The van der Waals surface area contributed by atoms with Crippen LogP contribution in [0.3, 0.4) is 0 Å². The molecule has 0 radical (unpaired) electrons. The minimum atomic E-state index is -0.126. The normalized spacial score (nSPS) is 13.3. The van der Waals surface area contributed by atoms with Crippen LogP contribution < -0.4 is 0 Å². The molecule has 15 rings (SSSR count). The van der Waals surface area contributed by atoms with Gasteiger partial charge in [-0.2, -0.15) is 0 Å². The lowest BCUT2D eigenvalue weighted by molar-refractivity contribution is 0.661. The van der Waals surface area contributed by atoms with Gasteiger partial charge in [-0.05, 0) is 146 Å². The van der Waals surface area contributed by atoms with Crippen molar-refractivity contribution in [1.82, 2.24) is 0 Å². The van der Waals surface area contributed by atoms with Gasteiger partial charge in [0, 0.05) is 45.8 Å². The van der Waals surface area contributed by atoms with Gasteiger partial charge in [0.1, 0.15) is 0 Å². The molecule has 0 aliphatic heterocycles. The Balaban J connectivity index is 0.987. The molecule has 0 atom stereocenters. The average molecular weight is 885 g/mol. The van der Waals surface area contributed by atoms with Gasteiger partial charge in [-0.25, -0.2) is 0 Å². The molecule has 2 aromatic heterocycles. The fourth-order valence-electron chi connectivity index (χ4n) is 12.1. The summed E-state index contributed by atoms with van der Waals surface area (Å²) in [6.07, 6.45) is 0. The van der Waals surface area contributed by atoms with Crippen LogP contribution in [0.1, 0.15) is 25.0 Å². The molecule has 0 nitrogen and oxygen atoms in total. The van der Waals surface area contributed by atoms with Gasteiger partial charge in [0.05, 0.1) is 0 Å². The van der Waals surface area contributed by atoms with E-state index in [2.05, 4.69) is 220 Å². The number of benzene rings is 12. The molecule has 0 bridgehead atoms. The van der Waals surface area contributed by atoms with Crippen LogP contribution in [-0.4, -0.2) is 0 Å². The Hall–Kier alpha value is -7.62. The van der Waals surface area contributed by atoms with Gasteiger partial charge >= 0.3 is 0 Å². The number of thiophene rings is 2. The van der Waals surface area contributed by atoms with E-state index in [1.54, 1.807) is 0 Å². The van der Waals surface area contributed by atoms with Crippen molar-refractivity contribution in [2.45, 2.75) is 19.3 Å². The second kappa shape index (κ2) is 13.7. The molecule has 0 saturated heterocycles. The zero-order valence-electron chi connectivity index (χ0n) is 36.9. The van der Waals surface area contributed by atoms with Crippen molar-refractivity contribution in [2.75, 3.05) is 0 Å². The number of rotatable bonds is 3. The smallest absolute Gasteiger partial charge is 0.0361 e. The van der Waals surface area contributed by atoms with Crippen molar-refractivity contribution in [2.24, 2.45) is 0 Å². The second-order valence-corrected chi connectivity index (χ2v) is 21.3. The van der Waals surface area contributed by atoms with Crippen LogP contribution in [0.2, 0.25) is 0 Å². The van der Waals surface area contributed by atoms with Crippen LogP contribution in [0.4, 0.5) is 0 Å². The first-order valence-corrected chi connectivity index (χ1v) is 24.9. The fraction of sp³-hybridized carbons (Fsp3) is 0.0462. The highest BCUT2D eigenvalue weighted by atomic mass is 32.1. The molecule has 14 aromatic rings. The first kappa shape index (κ1) is 37.6. The minimum Gasteiger partial charge on any atom is -0.135 e. The molecule has 0 fully saturated rings. The van der Waals surface area contributed by atoms with Crippen molar-refractivity contribution in [1.29, 1.82) is 0 Å². The monoisotopic (exact) mass is 884 g/mol. The van der Waals surface area contributed by atoms with E-state index in [1.165, 1.54) is 150 Å². The summed E-state index contributed by atoms with van der Waals surface area (Å²) in [5.74, 6) is 0. The molecule has 12 aromatic carbocycles. The molecule has 2 heteroatoms. The molecule has 1 aliphatic carbocycles. The summed E-state index contributed by atoms with van der Waals surface area (Å²) in [6, 6.07) is 78.4. The topological polar surface area (TPSA) is 0 Å². The Labute approximate surface area is 395 Å². The Morgan fingerprint density at radius 3 is 1.34 bits per heavy atom. The van der Waals surface area contributed by atoms with Crippen LogP contribution in [0, 0.1) is 0 Å². The summed E-state index contributed by atoms with van der Waals surface area (Å²) in [5, 5.41) is 18.3. The van der Waals surface area contributed by atoms with Crippen LogP contribution in [0.5, 0.6) is 0 Å². The minimum absolute atomic E-state index is 0.126. The molecule has 0 amide bonds. The maximum atomic E-state index is 2.50. The maximum Gasteiger partial charge on any atom is 0.0361 e. The number of hydrogen-bond donors (Lipinski definition) is 0. The molecule has 67 heavy (non-hydrogen) atoms. The van der Waals surface area contributed by atoms with Crippen LogP contribution >= 0.6 is 22.7 Å². The van der Waals surface area contributed by atoms with Crippen molar-refractivity contribution < 1.29 is 0 Å². The first-order chi connectivity index (χ1) is 33.0. The zero-order chi connectivity index (χ0) is 44.1. The van der Waals surface area contributed by atoms with E-state index in [4.69, 9.17) is 0 Å². The SMILES string of the molecule is CC1(C)c2cc(-c3ccc4c(-c5ccc6c(c5)sc5ccc7ccccc7c56)c5ccccc5c(-c5ccc6c(c5)sc5ccc7ccccc7c56)c4c3)ccc2-c2c1ccc1ccccc21. The van der Waals surface area contributed by atoms with Crippen molar-refractivity contribution in [3.63, 3.8) is 0 Å². The summed E-state index contributed by atoms with van der Waals surface area (Å²) in [4.78, 5) is 0. The first-order valence-electron chi connectivity index (χ1n) is 23.3. The molecule has 0 unspecified atom stereocenters. The van der Waals surface area contributed by atoms with Crippen molar-refractivity contribution in [3.8, 4) is 44.5 Å². The predicted molar refractivity (Wildman–Crippen MR) is 294 cm³/mol. The van der Waals surface area contributed by atoms with Gasteiger partial charge in [0.15, 0.2) is 0 Å². The molecule has 312 valence electrons. The lowest BCUT2D eigenvalue weighted by Crippen LogP contribution is -2.15. The van der Waals surface area contributed by atoms with E-state index in [0.29, 0.717) is 0 Å². The third kappa shape index (κ3) is 5.29. The summed E-state index contributed by atoms with van der Waals surface area (Å²) in [5.41, 5.74) is 13.0. The Kier molecular flexibility index (Phi) is 7.69. The standard InChI is InChI=1S/C65H40S2/c1-65(2)54-30-23-37-11-3-6-14-44(37)62(54)50-27-20-41(34-55(50)65)40-19-26-49-53(33-40)61(43-22-29-52-59(36-43)67-57-32-25-39-13-5-8-16-46(39)64(52)57)48-18-10-9-17-47(48)60(49)42-21-28-51-58(35-42)66-56-31-24-38-12-4-7-15-45(38)63(51)56/h3-36H,1-2H3. The van der Waals surface area contributed by atoms with E-state index >= 15 is 0 Å². The van der Waals surface area contributed by atoms with Crippen LogP contribution in [-0.2, 0) is 5.41 Å². The quantitative estimate of drug-likeness (QED) is 0.155. The van der Waals surface area contributed by atoms with Gasteiger partial charge in [0.2, 0.25) is 0 Å². The fourth-order valence-corrected chi connectivity index (χ4v) is 14.4. The third-order valence-corrected chi connectivity index (χ3v) is 17.5. The van der Waals surface area contributed by atoms with Crippen molar-refractivity contribution >= 4 is 117 Å². The molecule has 0 spiro atoms. The summed E-state index contributed by atoms with van der Waals surface area (Å²) < 4.78 is 5.30. The van der Waals surface area contributed by atoms with Gasteiger partial charge in [-0.15, -0.1) is 22.7 Å². The number of fused-ring (bicyclic) bond motifs is 17. The summed E-state index contributed by atoms with van der Waals surface area (Å²) >= 11 is 3.81. The highest BCUT2D eigenvalue weighted by Crippen LogP contribution is 2.53. The predicted octanol–water partition coefficient (Wildman–Crippen LogP) is 19.5. The van der Waals surface area contributed by atoms with E-state index in [9.17, 15) is 0 Å². The maximum absolute atomic E-state index is 2.50. The van der Waals surface area contributed by atoms with E-state index in [1.807, 2.05) is 22.7 Å². The molecule has 2 heterocycles. The van der Waals surface area contributed by atoms with Crippen molar-refractivity contribution in [3.05, 3.63) is 217 Å². The van der Waals surface area contributed by atoms with E-state index in [-0.39, 0.29) is 5.41 Å². The Morgan fingerprint density at radius 2 is 0.731 bits per heavy atom. The second-order valence-electron chi connectivity index (χ2n) is 19.1. The highest BCUT2D eigenvalue weighted by Gasteiger charge is 2.36.